The maximum Gasteiger partial charge on any atom is 0.124 e. The topological polar surface area (TPSA) is 17.8 Å². The van der Waals surface area contributed by atoms with E-state index in [0.717, 1.165) is 34.8 Å². The van der Waals surface area contributed by atoms with Crippen LogP contribution in [0.5, 0.6) is 0 Å². The number of hydrogen-bond acceptors (Lipinski definition) is 1. The summed E-state index contributed by atoms with van der Waals surface area (Å²) >= 11 is 12.0. The monoisotopic (exact) mass is 318 g/mol. The van der Waals surface area contributed by atoms with Gasteiger partial charge < -0.3 is 4.57 Å². The smallest absolute Gasteiger partial charge is 0.124 e. The lowest BCUT2D eigenvalue weighted by Crippen LogP contribution is -2.05. The first-order chi connectivity index (χ1) is 10.2. The predicted octanol–water partition coefficient (Wildman–Crippen LogP) is 4.98. The van der Waals surface area contributed by atoms with E-state index in [1.54, 1.807) is 0 Å². The Labute approximate surface area is 134 Å². The lowest BCUT2D eigenvalue weighted by Gasteiger charge is -2.08. The first-order valence-corrected chi connectivity index (χ1v) is 7.85. The highest BCUT2D eigenvalue weighted by Crippen LogP contribution is 2.20. The average Bonchev–Trinajstić information content (AvgIpc) is 2.84. The molecular weight excluding hydrogens is 303 g/mol. The average molecular weight is 319 g/mol. The third kappa shape index (κ3) is 3.07. The number of rotatable bonds is 4. The Hall–Kier alpha value is -1.51. The Morgan fingerprint density at radius 2 is 1.86 bits per heavy atom. The van der Waals surface area contributed by atoms with Crippen LogP contribution in [0.2, 0.25) is 5.02 Å². The quantitative estimate of drug-likeness (QED) is 0.620. The van der Waals surface area contributed by atoms with Gasteiger partial charge in [0.25, 0.3) is 0 Å². The van der Waals surface area contributed by atoms with Gasteiger partial charge in [0.2, 0.25) is 0 Å². The summed E-state index contributed by atoms with van der Waals surface area (Å²) in [6.45, 7) is 2.96. The van der Waals surface area contributed by atoms with Crippen LogP contribution in [0, 0.1) is 6.92 Å². The number of hydrogen-bond donors (Lipinski definition) is 0. The number of halogens is 2. The zero-order valence-corrected chi connectivity index (χ0v) is 13.3. The fourth-order valence-corrected chi connectivity index (χ4v) is 2.86. The molecule has 0 amide bonds. The molecule has 21 heavy (non-hydrogen) atoms. The van der Waals surface area contributed by atoms with E-state index in [2.05, 4.69) is 46.8 Å². The molecule has 108 valence electrons. The summed E-state index contributed by atoms with van der Waals surface area (Å²) in [5.41, 5.74) is 4.65. The predicted molar refractivity (Wildman–Crippen MR) is 89.2 cm³/mol. The Morgan fingerprint density at radius 3 is 2.57 bits per heavy atom. The number of benzene rings is 2. The summed E-state index contributed by atoms with van der Waals surface area (Å²) in [6, 6.07) is 14.3. The van der Waals surface area contributed by atoms with Crippen molar-refractivity contribution in [2.24, 2.45) is 0 Å². The molecule has 2 nitrogen and oxygen atoms in total. The van der Waals surface area contributed by atoms with E-state index in [9.17, 15) is 0 Å². The zero-order chi connectivity index (χ0) is 14.8. The number of imidazole rings is 1. The highest BCUT2D eigenvalue weighted by molar-refractivity contribution is 6.30. The number of alkyl halides is 1. The number of nitrogens with zero attached hydrogens (tertiary/aromatic N) is 2. The Morgan fingerprint density at radius 1 is 1.10 bits per heavy atom. The molecule has 0 saturated heterocycles. The van der Waals surface area contributed by atoms with Crippen molar-refractivity contribution in [1.82, 2.24) is 9.55 Å². The molecule has 0 spiro atoms. The molecule has 3 aromatic rings. The first-order valence-electron chi connectivity index (χ1n) is 6.93. The van der Waals surface area contributed by atoms with Crippen molar-refractivity contribution in [3.8, 4) is 0 Å². The number of fused-ring (bicyclic) bond motifs is 1. The summed E-state index contributed by atoms with van der Waals surface area (Å²) in [6.07, 6.45) is 0.931. The molecule has 2 aromatic carbocycles. The van der Waals surface area contributed by atoms with Crippen molar-refractivity contribution < 1.29 is 0 Å². The van der Waals surface area contributed by atoms with Gasteiger partial charge in [0.05, 0.1) is 16.9 Å². The van der Waals surface area contributed by atoms with E-state index in [1.165, 1.54) is 11.1 Å². The fourth-order valence-electron chi connectivity index (χ4n) is 2.53. The third-order valence-electron chi connectivity index (χ3n) is 3.64. The number of aromatic nitrogens is 2. The lowest BCUT2D eigenvalue weighted by molar-refractivity contribution is 0.688. The van der Waals surface area contributed by atoms with Crippen LogP contribution >= 0.6 is 23.2 Å². The van der Waals surface area contributed by atoms with Crippen molar-refractivity contribution in [3.05, 3.63) is 64.4 Å². The normalized spacial score (nSPS) is 11.2. The zero-order valence-electron chi connectivity index (χ0n) is 11.8. The third-order valence-corrected chi connectivity index (χ3v) is 4.13. The Balaban J connectivity index is 1.91. The molecular formula is C17H16Cl2N2. The molecule has 0 radical (unpaired) electrons. The fraction of sp³-hybridized carbons (Fsp3) is 0.235. The molecule has 1 heterocycles. The lowest BCUT2D eigenvalue weighted by atomic mass is 10.1. The molecule has 0 saturated carbocycles. The summed E-state index contributed by atoms with van der Waals surface area (Å²) < 4.78 is 2.21. The number of aryl methyl sites for hydroxylation is 3. The summed E-state index contributed by atoms with van der Waals surface area (Å²) in [4.78, 5) is 4.61. The molecule has 0 fully saturated rings. The molecule has 1 aromatic heterocycles. The SMILES string of the molecule is Cc1ccc2nc(CCl)n(CCc3ccc(Cl)cc3)c2c1. The van der Waals surface area contributed by atoms with Crippen molar-refractivity contribution in [1.29, 1.82) is 0 Å². The standard InChI is InChI=1S/C17H16Cl2N2/c1-12-2-7-15-16(10-12)21(17(11-18)20-15)9-8-13-3-5-14(19)6-4-13/h2-7,10H,8-9,11H2,1H3. The van der Waals surface area contributed by atoms with Gasteiger partial charge in [-0.2, -0.15) is 0 Å². The maximum atomic E-state index is 6.05. The first kappa shape index (κ1) is 14.4. The second kappa shape index (κ2) is 6.08. The van der Waals surface area contributed by atoms with Crippen LogP contribution in [-0.2, 0) is 18.8 Å². The van der Waals surface area contributed by atoms with E-state index >= 15 is 0 Å². The van der Waals surface area contributed by atoms with Crippen LogP contribution in [0.4, 0.5) is 0 Å². The van der Waals surface area contributed by atoms with Gasteiger partial charge in [0, 0.05) is 11.6 Å². The van der Waals surface area contributed by atoms with E-state index in [-0.39, 0.29) is 0 Å². The van der Waals surface area contributed by atoms with Gasteiger partial charge in [-0.05, 0) is 48.7 Å². The van der Waals surface area contributed by atoms with E-state index in [0.29, 0.717) is 5.88 Å². The van der Waals surface area contributed by atoms with Gasteiger partial charge >= 0.3 is 0 Å². The molecule has 0 unspecified atom stereocenters. The van der Waals surface area contributed by atoms with Crippen LogP contribution in [0.1, 0.15) is 17.0 Å². The van der Waals surface area contributed by atoms with Gasteiger partial charge in [-0.1, -0.05) is 29.8 Å². The molecule has 0 aliphatic heterocycles. The van der Waals surface area contributed by atoms with Crippen LogP contribution in [-0.4, -0.2) is 9.55 Å². The van der Waals surface area contributed by atoms with Crippen molar-refractivity contribution in [2.75, 3.05) is 0 Å². The van der Waals surface area contributed by atoms with Gasteiger partial charge in [-0.15, -0.1) is 11.6 Å². The highest BCUT2D eigenvalue weighted by atomic mass is 35.5. The summed E-state index contributed by atoms with van der Waals surface area (Å²) in [7, 11) is 0. The van der Waals surface area contributed by atoms with Gasteiger partial charge in [0.1, 0.15) is 5.82 Å². The molecule has 0 N–H and O–H groups in total. The minimum atomic E-state index is 0.425. The van der Waals surface area contributed by atoms with Gasteiger partial charge in [-0.25, -0.2) is 4.98 Å². The molecule has 0 aliphatic rings. The molecule has 3 rings (SSSR count). The minimum Gasteiger partial charge on any atom is -0.327 e. The van der Waals surface area contributed by atoms with Crippen molar-refractivity contribution >= 4 is 34.2 Å². The Kier molecular flexibility index (Phi) is 4.18. The summed E-state index contributed by atoms with van der Waals surface area (Å²) in [5.74, 6) is 1.35. The largest absolute Gasteiger partial charge is 0.327 e. The molecule has 0 aliphatic carbocycles. The van der Waals surface area contributed by atoms with E-state index < -0.39 is 0 Å². The molecule has 0 atom stereocenters. The minimum absolute atomic E-state index is 0.425. The van der Waals surface area contributed by atoms with Gasteiger partial charge in [0.15, 0.2) is 0 Å². The maximum absolute atomic E-state index is 6.05. The molecule has 4 heteroatoms. The van der Waals surface area contributed by atoms with Crippen molar-refractivity contribution in [3.63, 3.8) is 0 Å². The second-order valence-electron chi connectivity index (χ2n) is 5.18. The summed E-state index contributed by atoms with van der Waals surface area (Å²) in [5, 5.41) is 0.768. The van der Waals surface area contributed by atoms with E-state index in [1.807, 2.05) is 12.1 Å². The van der Waals surface area contributed by atoms with E-state index in [4.69, 9.17) is 23.2 Å². The van der Waals surface area contributed by atoms with Crippen LogP contribution < -0.4 is 0 Å². The van der Waals surface area contributed by atoms with Crippen LogP contribution in [0.25, 0.3) is 11.0 Å². The van der Waals surface area contributed by atoms with Crippen LogP contribution in [0.3, 0.4) is 0 Å². The Bertz CT molecular complexity index is 760. The second-order valence-corrected chi connectivity index (χ2v) is 5.89. The highest BCUT2D eigenvalue weighted by Gasteiger charge is 2.10. The van der Waals surface area contributed by atoms with Crippen molar-refractivity contribution in [2.45, 2.75) is 25.8 Å². The molecule has 0 bridgehead atoms. The van der Waals surface area contributed by atoms with Gasteiger partial charge in [-0.3, -0.25) is 0 Å². The van der Waals surface area contributed by atoms with Crippen LogP contribution in [0.15, 0.2) is 42.5 Å².